The highest BCUT2D eigenvalue weighted by Crippen LogP contribution is 2.46. The molecule has 2 aromatic carbocycles. The number of anilines is 1. The molecule has 44 heavy (non-hydrogen) atoms. The summed E-state index contributed by atoms with van der Waals surface area (Å²) in [5, 5.41) is 21.0. The SMILES string of the molecule is N#Cc1cccc(-c2[nH+]cccc2NC(=O)N2CCN3C(=O)N([C@H]4C[C@@H]4c4ccccc4)C(=O)[C@@H]3C2)c1.O=C([O-])C(F)(F)F. The molecule has 3 heterocycles. The molecule has 2 aliphatic heterocycles. The number of carboxylic acids is 1. The largest absolute Gasteiger partial charge is 0.542 e. The third-order valence-electron chi connectivity index (χ3n) is 7.57. The number of imide groups is 1. The highest BCUT2D eigenvalue weighted by Gasteiger charge is 2.56. The van der Waals surface area contributed by atoms with Crippen LogP contribution in [0.1, 0.15) is 23.5 Å². The van der Waals surface area contributed by atoms with Crippen molar-refractivity contribution in [2.75, 3.05) is 25.0 Å². The van der Waals surface area contributed by atoms with Gasteiger partial charge >= 0.3 is 18.2 Å². The van der Waals surface area contributed by atoms with Gasteiger partial charge in [0.1, 0.15) is 17.7 Å². The first-order chi connectivity index (χ1) is 21.0. The number of alkyl halides is 3. The van der Waals surface area contributed by atoms with E-state index in [0.29, 0.717) is 30.0 Å². The van der Waals surface area contributed by atoms with Crippen molar-refractivity contribution in [3.05, 3.63) is 84.1 Å². The number of rotatable bonds is 4. The van der Waals surface area contributed by atoms with Gasteiger partial charge in [-0.2, -0.15) is 18.4 Å². The summed E-state index contributed by atoms with van der Waals surface area (Å²) in [6.07, 6.45) is -2.67. The first-order valence-electron chi connectivity index (χ1n) is 13.5. The van der Waals surface area contributed by atoms with E-state index in [1.54, 1.807) is 46.3 Å². The Bertz CT molecular complexity index is 1640. The summed E-state index contributed by atoms with van der Waals surface area (Å²) in [5.41, 5.74) is 3.65. The number of pyridine rings is 1. The van der Waals surface area contributed by atoms with Crippen LogP contribution in [0.15, 0.2) is 72.9 Å². The lowest BCUT2D eigenvalue weighted by atomic mass is 10.1. The molecule has 2 saturated heterocycles. The molecule has 1 aromatic heterocycles. The number of carboxylic acid groups (broad SMARTS) is 1. The fourth-order valence-electron chi connectivity index (χ4n) is 5.35. The monoisotopic (exact) mass is 606 g/mol. The molecule has 14 heteroatoms. The van der Waals surface area contributed by atoms with Crippen molar-refractivity contribution in [3.63, 3.8) is 0 Å². The van der Waals surface area contributed by atoms with Crippen molar-refractivity contribution in [3.8, 4) is 17.3 Å². The van der Waals surface area contributed by atoms with Gasteiger partial charge in [0.2, 0.25) is 5.69 Å². The highest BCUT2D eigenvalue weighted by molar-refractivity contribution is 6.06. The molecule has 0 unspecified atom stereocenters. The topological polar surface area (TPSA) is 151 Å². The number of halogens is 3. The molecular formula is C30H25F3N6O5. The second-order valence-corrected chi connectivity index (χ2v) is 10.3. The van der Waals surface area contributed by atoms with Crippen LogP contribution in [0, 0.1) is 11.3 Å². The van der Waals surface area contributed by atoms with E-state index in [2.05, 4.69) is 16.4 Å². The van der Waals surface area contributed by atoms with E-state index in [1.807, 2.05) is 36.4 Å². The first-order valence-corrected chi connectivity index (χ1v) is 13.5. The minimum Gasteiger partial charge on any atom is -0.542 e. The maximum Gasteiger partial charge on any atom is 0.430 e. The maximum atomic E-state index is 13.3. The minimum atomic E-state index is -5.19. The molecule has 3 fully saturated rings. The Kier molecular flexibility index (Phi) is 8.21. The molecule has 5 amide bonds. The zero-order valence-electron chi connectivity index (χ0n) is 23.0. The number of carbonyl (C=O) groups excluding carboxylic acids is 4. The van der Waals surface area contributed by atoms with E-state index in [-0.39, 0.29) is 36.5 Å². The van der Waals surface area contributed by atoms with E-state index in [1.165, 1.54) is 4.90 Å². The van der Waals surface area contributed by atoms with Crippen molar-refractivity contribution in [2.45, 2.75) is 30.6 Å². The molecule has 3 aromatic rings. The van der Waals surface area contributed by atoms with Crippen LogP contribution in [0.2, 0.25) is 0 Å². The van der Waals surface area contributed by atoms with Gasteiger partial charge in [0, 0.05) is 36.7 Å². The standard InChI is InChI=1S/C28H24N6O3.C2HF3O2/c29-16-18-6-4-9-20(14-18)25-22(10-5-11-30-25)31-27(36)32-12-13-33-24(17-32)26(35)34(28(33)37)23-15-21(23)19-7-2-1-3-8-19;3-2(4,5)1(6)7/h1-11,14,21,23-24H,12-13,15,17H2,(H,31,36);(H,6,7)/t21-,23+,24+;/m1./s1. The third-order valence-corrected chi connectivity index (χ3v) is 7.57. The minimum absolute atomic E-state index is 0.123. The van der Waals surface area contributed by atoms with Crippen LogP contribution < -0.4 is 15.4 Å². The summed E-state index contributed by atoms with van der Waals surface area (Å²) in [6.45, 7) is 0.781. The van der Waals surface area contributed by atoms with Crippen molar-refractivity contribution in [1.29, 1.82) is 5.26 Å². The number of hydrogen-bond acceptors (Lipinski definition) is 6. The molecule has 1 aliphatic carbocycles. The summed E-state index contributed by atoms with van der Waals surface area (Å²) in [4.78, 5) is 56.2. The Hall–Kier alpha value is -5.45. The van der Waals surface area contributed by atoms with Crippen molar-refractivity contribution in [1.82, 2.24) is 14.7 Å². The number of aromatic amines is 1. The van der Waals surface area contributed by atoms with Gasteiger partial charge in [0.25, 0.3) is 5.91 Å². The van der Waals surface area contributed by atoms with Crippen molar-refractivity contribution < 1.29 is 42.4 Å². The summed E-state index contributed by atoms with van der Waals surface area (Å²) < 4.78 is 31.5. The van der Waals surface area contributed by atoms with E-state index >= 15 is 0 Å². The Morgan fingerprint density at radius 3 is 2.43 bits per heavy atom. The van der Waals surface area contributed by atoms with Crippen molar-refractivity contribution >= 4 is 29.6 Å². The molecule has 2 N–H and O–H groups in total. The van der Waals surface area contributed by atoms with Gasteiger partial charge in [-0.1, -0.05) is 36.4 Å². The second-order valence-electron chi connectivity index (χ2n) is 10.3. The number of hydrogen-bond donors (Lipinski definition) is 1. The number of amides is 5. The summed E-state index contributed by atoms with van der Waals surface area (Å²) >= 11 is 0. The number of urea groups is 2. The number of aliphatic carboxylic acids is 1. The number of nitrogens with one attached hydrogen (secondary N) is 2. The molecule has 0 spiro atoms. The predicted molar refractivity (Wildman–Crippen MR) is 145 cm³/mol. The van der Waals surface area contributed by atoms with Gasteiger partial charge in [-0.15, -0.1) is 0 Å². The van der Waals surface area contributed by atoms with Crippen LogP contribution in [0.3, 0.4) is 0 Å². The quantitative estimate of drug-likeness (QED) is 0.451. The number of nitrogens with zero attached hydrogens (tertiary/aromatic N) is 4. The second kappa shape index (κ2) is 12.0. The molecule has 3 atom stereocenters. The van der Waals surface area contributed by atoms with Gasteiger partial charge in [-0.3, -0.25) is 9.69 Å². The molecule has 6 rings (SSSR count). The average Bonchev–Trinajstić information content (AvgIpc) is 3.77. The number of carbonyl (C=O) groups is 4. The average molecular weight is 607 g/mol. The Morgan fingerprint density at radius 1 is 1.02 bits per heavy atom. The molecule has 1 saturated carbocycles. The lowest BCUT2D eigenvalue weighted by Crippen LogP contribution is -2.55. The lowest BCUT2D eigenvalue weighted by Gasteiger charge is -2.35. The summed E-state index contributed by atoms with van der Waals surface area (Å²) in [6, 6.07) is 21.4. The highest BCUT2D eigenvalue weighted by atomic mass is 19.4. The molecule has 0 bridgehead atoms. The molecule has 3 aliphatic rings. The number of H-pyrrole nitrogens is 1. The van der Waals surface area contributed by atoms with Crippen LogP contribution >= 0.6 is 0 Å². The Labute approximate surface area is 249 Å². The fraction of sp³-hybridized carbons (Fsp3) is 0.267. The van der Waals surface area contributed by atoms with Gasteiger partial charge in [0.15, 0.2) is 6.20 Å². The normalized spacial score (nSPS) is 20.7. The van der Waals surface area contributed by atoms with E-state index < -0.39 is 18.2 Å². The number of piperazine rings is 1. The van der Waals surface area contributed by atoms with Gasteiger partial charge in [-0.25, -0.2) is 14.6 Å². The third kappa shape index (κ3) is 6.17. The smallest absolute Gasteiger partial charge is 0.430 e. The van der Waals surface area contributed by atoms with Crippen LogP contribution in [0.5, 0.6) is 0 Å². The molecule has 226 valence electrons. The number of fused-ring (bicyclic) bond motifs is 1. The van der Waals surface area contributed by atoms with Gasteiger partial charge in [-0.05, 0) is 36.2 Å². The van der Waals surface area contributed by atoms with Crippen LogP contribution in [0.4, 0.5) is 28.4 Å². The zero-order valence-corrected chi connectivity index (χ0v) is 23.0. The predicted octanol–water partition coefficient (Wildman–Crippen LogP) is 2.37. The van der Waals surface area contributed by atoms with E-state index in [4.69, 9.17) is 9.90 Å². The molecular weight excluding hydrogens is 581 g/mol. The summed E-state index contributed by atoms with van der Waals surface area (Å²) in [5.74, 6) is -3.07. The first kappa shape index (κ1) is 30.0. The van der Waals surface area contributed by atoms with Gasteiger partial charge in [0.05, 0.1) is 18.2 Å². The number of nitriles is 1. The van der Waals surface area contributed by atoms with Crippen molar-refractivity contribution in [2.24, 2.45) is 0 Å². The summed E-state index contributed by atoms with van der Waals surface area (Å²) in [7, 11) is 0. The number of benzene rings is 2. The van der Waals surface area contributed by atoms with Crippen LogP contribution in [-0.2, 0) is 9.59 Å². The van der Waals surface area contributed by atoms with Crippen LogP contribution in [0.25, 0.3) is 11.3 Å². The Morgan fingerprint density at radius 2 is 1.75 bits per heavy atom. The fourth-order valence-corrected chi connectivity index (χ4v) is 5.35. The maximum absolute atomic E-state index is 13.3. The lowest BCUT2D eigenvalue weighted by molar-refractivity contribution is -0.363. The molecule has 11 nitrogen and oxygen atoms in total. The number of aromatic nitrogens is 1. The van der Waals surface area contributed by atoms with E-state index in [9.17, 15) is 32.8 Å². The Balaban J connectivity index is 0.000000493. The zero-order chi connectivity index (χ0) is 31.6. The van der Waals surface area contributed by atoms with Gasteiger partial charge < -0.3 is 25.0 Å². The molecule has 0 radical (unpaired) electrons. The van der Waals surface area contributed by atoms with Crippen LogP contribution in [-0.4, -0.2) is 76.5 Å². The van der Waals surface area contributed by atoms with E-state index in [0.717, 1.165) is 17.5 Å².